The van der Waals surface area contributed by atoms with Gasteiger partial charge in [0, 0.05) is 0 Å². The molecule has 3 rings (SSSR count). The summed E-state index contributed by atoms with van der Waals surface area (Å²) in [6.07, 6.45) is 12.1. The smallest absolute Gasteiger partial charge is 0.142 e. The molecule has 76 valence electrons. The van der Waals surface area contributed by atoms with Crippen molar-refractivity contribution in [2.24, 2.45) is 29.6 Å². The molecule has 0 aromatic heterocycles. The Morgan fingerprint density at radius 1 is 1.00 bits per heavy atom. The molecule has 1 nitrogen and oxygen atoms in total. The highest BCUT2D eigenvalue weighted by Gasteiger charge is 2.52. The molecule has 0 aromatic rings. The summed E-state index contributed by atoms with van der Waals surface area (Å²) in [7, 11) is 0. The van der Waals surface area contributed by atoms with E-state index in [4.69, 9.17) is 0 Å². The van der Waals surface area contributed by atoms with Crippen LogP contribution < -0.4 is 0 Å². The van der Waals surface area contributed by atoms with Crippen molar-refractivity contribution in [2.45, 2.75) is 32.1 Å². The van der Waals surface area contributed by atoms with Gasteiger partial charge in [0.2, 0.25) is 0 Å². The molecule has 14 heavy (non-hydrogen) atoms. The number of carbonyl (C=O) groups is 1. The Balaban J connectivity index is 1.78. The second-order valence-corrected chi connectivity index (χ2v) is 5.34. The molecule has 0 spiro atoms. The second kappa shape index (κ2) is 3.22. The van der Waals surface area contributed by atoms with E-state index in [1.54, 1.807) is 6.08 Å². The minimum absolute atomic E-state index is 0.737. The zero-order chi connectivity index (χ0) is 9.54. The van der Waals surface area contributed by atoms with Gasteiger partial charge < -0.3 is 0 Å². The molecule has 2 bridgehead atoms. The highest BCUT2D eigenvalue weighted by atomic mass is 16.1. The van der Waals surface area contributed by atoms with Crippen molar-refractivity contribution in [3.8, 4) is 0 Å². The van der Waals surface area contributed by atoms with Crippen LogP contribution >= 0.6 is 0 Å². The molecule has 3 aliphatic rings. The number of allylic oxidation sites excluding steroid dienone is 2. The molecular weight excluding hydrogens is 172 g/mol. The molecule has 0 saturated heterocycles. The lowest BCUT2D eigenvalue weighted by molar-refractivity contribution is -0.104. The van der Waals surface area contributed by atoms with Gasteiger partial charge in [0.15, 0.2) is 0 Å². The predicted octanol–water partition coefficient (Wildman–Crippen LogP) is 2.81. The van der Waals surface area contributed by atoms with E-state index >= 15 is 0 Å². The Labute approximate surface area is 85.6 Å². The van der Waals surface area contributed by atoms with Crippen molar-refractivity contribution in [2.75, 3.05) is 0 Å². The normalized spacial score (nSPS) is 50.1. The van der Waals surface area contributed by atoms with Crippen LogP contribution in [-0.2, 0) is 4.79 Å². The van der Waals surface area contributed by atoms with E-state index in [0.29, 0.717) is 0 Å². The van der Waals surface area contributed by atoms with Gasteiger partial charge in [-0.15, -0.1) is 0 Å². The van der Waals surface area contributed by atoms with Gasteiger partial charge >= 0.3 is 0 Å². The molecule has 5 atom stereocenters. The molecular formula is C13H18O. The van der Waals surface area contributed by atoms with Crippen LogP contribution in [0.3, 0.4) is 0 Å². The minimum Gasteiger partial charge on any atom is -0.299 e. The van der Waals surface area contributed by atoms with Gasteiger partial charge in [-0.1, -0.05) is 6.08 Å². The van der Waals surface area contributed by atoms with Gasteiger partial charge in [-0.3, -0.25) is 4.79 Å². The van der Waals surface area contributed by atoms with E-state index in [2.05, 4.69) is 6.08 Å². The van der Waals surface area contributed by atoms with E-state index in [0.717, 1.165) is 35.9 Å². The number of carbonyl (C=O) groups excluding carboxylic acids is 1. The van der Waals surface area contributed by atoms with Crippen molar-refractivity contribution < 1.29 is 4.79 Å². The lowest BCUT2D eigenvalue weighted by Crippen LogP contribution is -2.21. The van der Waals surface area contributed by atoms with Crippen LogP contribution in [0, 0.1) is 29.6 Å². The van der Waals surface area contributed by atoms with Crippen LogP contribution in [0.15, 0.2) is 12.2 Å². The number of rotatable bonds is 2. The first-order valence-electron chi connectivity index (χ1n) is 6.02. The number of hydrogen-bond donors (Lipinski definition) is 0. The van der Waals surface area contributed by atoms with Crippen LogP contribution in [0.1, 0.15) is 32.1 Å². The van der Waals surface area contributed by atoms with Crippen molar-refractivity contribution >= 4 is 6.29 Å². The first kappa shape index (κ1) is 8.70. The second-order valence-electron chi connectivity index (χ2n) is 5.34. The zero-order valence-corrected chi connectivity index (χ0v) is 8.56. The van der Waals surface area contributed by atoms with Gasteiger partial charge in [0.1, 0.15) is 6.29 Å². The molecule has 0 aromatic carbocycles. The van der Waals surface area contributed by atoms with Crippen LogP contribution in [0.5, 0.6) is 0 Å². The van der Waals surface area contributed by atoms with E-state index in [-0.39, 0.29) is 0 Å². The Hall–Kier alpha value is -0.590. The molecule has 0 unspecified atom stereocenters. The Bertz CT molecular complexity index is 268. The summed E-state index contributed by atoms with van der Waals surface area (Å²) in [5.41, 5.74) is 0. The zero-order valence-electron chi connectivity index (χ0n) is 8.56. The number of aldehydes is 1. The monoisotopic (exact) mass is 190 g/mol. The average molecular weight is 190 g/mol. The maximum Gasteiger partial charge on any atom is 0.142 e. The van der Waals surface area contributed by atoms with Gasteiger partial charge in [-0.05, 0) is 67.8 Å². The fourth-order valence-corrected chi connectivity index (χ4v) is 4.54. The first-order chi connectivity index (χ1) is 6.90. The third-order valence-corrected chi connectivity index (χ3v) is 4.92. The van der Waals surface area contributed by atoms with Crippen molar-refractivity contribution in [1.82, 2.24) is 0 Å². The number of hydrogen-bond acceptors (Lipinski definition) is 1. The van der Waals surface area contributed by atoms with Crippen LogP contribution in [-0.4, -0.2) is 6.29 Å². The van der Waals surface area contributed by atoms with Gasteiger partial charge in [0.05, 0.1) is 0 Å². The molecule has 3 aliphatic carbocycles. The third-order valence-electron chi connectivity index (χ3n) is 4.92. The maximum atomic E-state index is 10.3. The molecule has 0 N–H and O–H groups in total. The fraction of sp³-hybridized carbons (Fsp3) is 0.769. The Kier molecular flexibility index (Phi) is 2.00. The van der Waals surface area contributed by atoms with E-state index in [9.17, 15) is 4.79 Å². The maximum absolute atomic E-state index is 10.3. The predicted molar refractivity (Wildman–Crippen MR) is 55.7 cm³/mol. The van der Waals surface area contributed by atoms with Gasteiger partial charge in [0.25, 0.3) is 0 Å². The largest absolute Gasteiger partial charge is 0.299 e. The van der Waals surface area contributed by atoms with Crippen LogP contribution in [0.25, 0.3) is 0 Å². The molecule has 0 amide bonds. The highest BCUT2D eigenvalue weighted by molar-refractivity contribution is 5.64. The number of fused-ring (bicyclic) bond motifs is 5. The van der Waals surface area contributed by atoms with E-state index < -0.39 is 0 Å². The first-order valence-corrected chi connectivity index (χ1v) is 6.02. The van der Waals surface area contributed by atoms with Crippen molar-refractivity contribution in [3.63, 3.8) is 0 Å². The lowest BCUT2D eigenvalue weighted by Gasteiger charge is -2.27. The minimum atomic E-state index is 0.737. The van der Waals surface area contributed by atoms with E-state index in [1.165, 1.54) is 32.1 Å². The highest BCUT2D eigenvalue weighted by Crippen LogP contribution is 2.60. The Morgan fingerprint density at radius 3 is 2.71 bits per heavy atom. The SMILES string of the molecule is O=CC=C[C@H]1CC[C@@H]2[C@@H]3CC[C@H](C3)[C@H]21. The van der Waals surface area contributed by atoms with Crippen molar-refractivity contribution in [3.05, 3.63) is 12.2 Å². The summed E-state index contributed by atoms with van der Waals surface area (Å²) < 4.78 is 0. The summed E-state index contributed by atoms with van der Waals surface area (Å²) >= 11 is 0. The summed E-state index contributed by atoms with van der Waals surface area (Å²) in [5.74, 6) is 4.77. The molecule has 0 heterocycles. The average Bonchev–Trinajstić information content (AvgIpc) is 2.87. The summed E-state index contributed by atoms with van der Waals surface area (Å²) in [6, 6.07) is 0. The topological polar surface area (TPSA) is 17.1 Å². The quantitative estimate of drug-likeness (QED) is 0.483. The molecule has 3 saturated carbocycles. The summed E-state index contributed by atoms with van der Waals surface area (Å²) in [5, 5.41) is 0. The lowest BCUT2D eigenvalue weighted by atomic mass is 9.78. The standard InChI is InChI=1S/C13H18O/c14-7-1-2-9-5-6-12-10-3-4-11(8-10)13(9)12/h1-2,7,9-13H,3-6,8H2/t9-,10+,11+,12+,13+/m0/s1. The Morgan fingerprint density at radius 2 is 1.86 bits per heavy atom. The summed E-state index contributed by atoms with van der Waals surface area (Å²) in [4.78, 5) is 10.3. The van der Waals surface area contributed by atoms with Crippen LogP contribution in [0.4, 0.5) is 0 Å². The van der Waals surface area contributed by atoms with Gasteiger partial charge in [-0.25, -0.2) is 0 Å². The molecule has 0 radical (unpaired) electrons. The molecule has 0 aliphatic heterocycles. The van der Waals surface area contributed by atoms with Gasteiger partial charge in [-0.2, -0.15) is 0 Å². The fourth-order valence-electron chi connectivity index (χ4n) is 4.54. The molecule has 3 fully saturated rings. The summed E-state index contributed by atoms with van der Waals surface area (Å²) in [6.45, 7) is 0. The third kappa shape index (κ3) is 1.11. The van der Waals surface area contributed by atoms with E-state index in [1.807, 2.05) is 0 Å². The van der Waals surface area contributed by atoms with Crippen LogP contribution in [0.2, 0.25) is 0 Å². The van der Waals surface area contributed by atoms with Crippen molar-refractivity contribution in [1.29, 1.82) is 0 Å². The molecule has 1 heteroatoms.